The summed E-state index contributed by atoms with van der Waals surface area (Å²) in [4.78, 5) is 19.7. The Morgan fingerprint density at radius 1 is 1.42 bits per heavy atom. The lowest BCUT2D eigenvalue weighted by Crippen LogP contribution is -2.27. The Labute approximate surface area is 70.9 Å². The third-order valence-electron chi connectivity index (χ3n) is 0.696. The van der Waals surface area contributed by atoms with Crippen LogP contribution in [0, 0.1) is 0 Å². The first-order valence-corrected chi connectivity index (χ1v) is 2.95. The van der Waals surface area contributed by atoms with E-state index >= 15 is 0 Å². The van der Waals surface area contributed by atoms with Gasteiger partial charge in [0.05, 0.1) is 7.11 Å². The smallest absolute Gasteiger partial charge is 0.329 e. The van der Waals surface area contributed by atoms with Crippen molar-refractivity contribution in [1.29, 1.82) is 0 Å². The van der Waals surface area contributed by atoms with Gasteiger partial charge in [-0.25, -0.2) is 10.6 Å². The van der Waals surface area contributed by atoms with Crippen molar-refractivity contribution in [2.75, 3.05) is 7.11 Å². The molecule has 0 aromatic rings. The van der Waals surface area contributed by atoms with E-state index in [0.717, 1.165) is 12.2 Å². The van der Waals surface area contributed by atoms with Gasteiger partial charge in [-0.05, 0) is 6.08 Å². The van der Waals surface area contributed by atoms with E-state index in [4.69, 9.17) is 0 Å². The minimum atomic E-state index is -0.394. The fraction of sp³-hybridized carbons (Fsp3) is 0.143. The molecule has 0 aliphatic rings. The molecule has 0 atom stereocenters. The highest BCUT2D eigenvalue weighted by molar-refractivity contribution is 5.86. The monoisotopic (exact) mass is 172 g/mol. The Bertz CT molecular complexity index is 157. The third kappa shape index (κ3) is 11.2. The van der Waals surface area contributed by atoms with Crippen molar-refractivity contribution < 1.29 is 14.3 Å². The topological polar surface area (TPSA) is 81.4 Å². The number of nitrogens with one attached hydrogen (secondary N) is 1. The highest BCUT2D eigenvalue weighted by Crippen LogP contribution is 1.67. The molecule has 68 valence electrons. The van der Waals surface area contributed by atoms with E-state index in [1.54, 1.807) is 0 Å². The lowest BCUT2D eigenvalue weighted by atomic mass is 10.6. The van der Waals surface area contributed by atoms with Crippen LogP contribution in [0.1, 0.15) is 0 Å². The molecule has 0 aromatic carbocycles. The van der Waals surface area contributed by atoms with E-state index in [1.807, 2.05) is 5.43 Å². The summed E-state index contributed by atoms with van der Waals surface area (Å²) in [7, 11) is 1.31. The Morgan fingerprint density at radius 2 is 1.92 bits per heavy atom. The van der Waals surface area contributed by atoms with Crippen LogP contribution >= 0.6 is 0 Å². The van der Waals surface area contributed by atoms with Crippen molar-refractivity contribution >= 4 is 11.9 Å². The molecule has 0 rings (SSSR count). The Morgan fingerprint density at radius 3 is 1.92 bits per heavy atom. The second kappa shape index (κ2) is 9.38. The molecule has 0 saturated carbocycles. The molecular weight excluding hydrogens is 160 g/mol. The van der Waals surface area contributed by atoms with Crippen LogP contribution in [0.4, 0.5) is 0 Å². The van der Waals surface area contributed by atoms with Gasteiger partial charge in [0.1, 0.15) is 0 Å². The largest absolute Gasteiger partial charge is 0.466 e. The highest BCUT2D eigenvalue weighted by Gasteiger charge is 1.82. The van der Waals surface area contributed by atoms with E-state index in [1.165, 1.54) is 7.11 Å². The van der Waals surface area contributed by atoms with Crippen LogP contribution in [0.25, 0.3) is 0 Å². The van der Waals surface area contributed by atoms with Crippen LogP contribution in [0.2, 0.25) is 0 Å². The van der Waals surface area contributed by atoms with Gasteiger partial charge in [-0.3, -0.25) is 10.2 Å². The van der Waals surface area contributed by atoms with Crippen molar-refractivity contribution in [2.24, 2.45) is 5.84 Å². The van der Waals surface area contributed by atoms with Crippen LogP contribution in [0.3, 0.4) is 0 Å². The summed E-state index contributed by atoms with van der Waals surface area (Å²) in [5.41, 5.74) is 1.86. The van der Waals surface area contributed by atoms with Crippen LogP contribution in [-0.2, 0) is 14.3 Å². The van der Waals surface area contributed by atoms with Gasteiger partial charge < -0.3 is 4.74 Å². The number of carbonyl (C=O) groups is 2. The number of amides is 1. The first-order chi connectivity index (χ1) is 5.62. The van der Waals surface area contributed by atoms with Crippen LogP contribution in [0.15, 0.2) is 25.3 Å². The molecule has 0 heterocycles. The molecule has 0 bridgehead atoms. The number of rotatable bonds is 2. The molecule has 0 radical (unpaired) electrons. The zero-order valence-corrected chi connectivity index (χ0v) is 6.87. The van der Waals surface area contributed by atoms with Gasteiger partial charge in [-0.15, -0.1) is 0 Å². The lowest BCUT2D eigenvalue weighted by Gasteiger charge is -1.83. The molecule has 0 aromatic heterocycles. The van der Waals surface area contributed by atoms with Crippen LogP contribution < -0.4 is 11.3 Å². The average molecular weight is 172 g/mol. The fourth-order valence-corrected chi connectivity index (χ4v) is 0.142. The number of carbonyl (C=O) groups excluding carboxylic acids is 2. The first kappa shape index (κ1) is 13.0. The van der Waals surface area contributed by atoms with Gasteiger partial charge in [0.2, 0.25) is 0 Å². The standard InChI is InChI=1S/C4H6O2.C3H6N2O/c1-3-4(5)6-2;1-2-3(6)5-4/h3H,1H2,2H3;2H,1,4H2,(H,5,6). The van der Waals surface area contributed by atoms with Crippen molar-refractivity contribution in [3.63, 3.8) is 0 Å². The number of methoxy groups -OCH3 is 1. The lowest BCUT2D eigenvalue weighted by molar-refractivity contribution is -0.134. The summed E-state index contributed by atoms with van der Waals surface area (Å²) in [6.07, 6.45) is 2.21. The van der Waals surface area contributed by atoms with Gasteiger partial charge in [0.15, 0.2) is 0 Å². The molecular formula is C7H12N2O3. The fourth-order valence-electron chi connectivity index (χ4n) is 0.142. The number of hydrazine groups is 1. The molecule has 0 aliphatic carbocycles. The van der Waals surface area contributed by atoms with Crippen LogP contribution in [-0.4, -0.2) is 19.0 Å². The van der Waals surface area contributed by atoms with E-state index in [2.05, 4.69) is 23.7 Å². The summed E-state index contributed by atoms with van der Waals surface area (Å²) >= 11 is 0. The van der Waals surface area contributed by atoms with E-state index in [9.17, 15) is 9.59 Å². The third-order valence-corrected chi connectivity index (χ3v) is 0.696. The van der Waals surface area contributed by atoms with Gasteiger partial charge in [-0.1, -0.05) is 13.2 Å². The van der Waals surface area contributed by atoms with Crippen LogP contribution in [0.5, 0.6) is 0 Å². The number of hydrogen-bond acceptors (Lipinski definition) is 4. The summed E-state index contributed by atoms with van der Waals surface area (Å²) in [5.74, 6) is 3.85. The molecule has 5 heteroatoms. The van der Waals surface area contributed by atoms with Crippen molar-refractivity contribution in [1.82, 2.24) is 5.43 Å². The minimum Gasteiger partial charge on any atom is -0.466 e. The van der Waals surface area contributed by atoms with Gasteiger partial charge >= 0.3 is 5.97 Å². The Kier molecular flexibility index (Phi) is 10.2. The van der Waals surface area contributed by atoms with Crippen molar-refractivity contribution in [3.8, 4) is 0 Å². The van der Waals surface area contributed by atoms with E-state index in [-0.39, 0.29) is 5.91 Å². The van der Waals surface area contributed by atoms with E-state index in [0.29, 0.717) is 0 Å². The number of esters is 1. The number of hydrogen-bond donors (Lipinski definition) is 2. The average Bonchev–Trinajstić information content (AvgIpc) is 2.16. The SMILES string of the molecule is C=CC(=O)NN.C=CC(=O)OC. The summed E-state index contributed by atoms with van der Waals surface area (Å²) in [6.45, 7) is 6.30. The highest BCUT2D eigenvalue weighted by atomic mass is 16.5. The molecule has 0 aliphatic heterocycles. The van der Waals surface area contributed by atoms with Gasteiger partial charge in [-0.2, -0.15) is 0 Å². The molecule has 12 heavy (non-hydrogen) atoms. The second-order valence-electron chi connectivity index (χ2n) is 1.44. The molecule has 3 N–H and O–H groups in total. The van der Waals surface area contributed by atoms with E-state index < -0.39 is 5.97 Å². The van der Waals surface area contributed by atoms with Gasteiger partial charge in [0.25, 0.3) is 5.91 Å². The zero-order chi connectivity index (χ0) is 9.98. The maximum absolute atomic E-state index is 9.84. The number of nitrogens with two attached hydrogens (primary N) is 1. The van der Waals surface area contributed by atoms with Crippen molar-refractivity contribution in [3.05, 3.63) is 25.3 Å². The maximum atomic E-state index is 9.84. The normalized spacial score (nSPS) is 6.83. The summed E-state index contributed by atoms with van der Waals surface area (Å²) < 4.78 is 4.14. The Balaban J connectivity index is 0. The quantitative estimate of drug-likeness (QED) is 0.193. The number of ether oxygens (including phenoxy) is 1. The Hall–Kier alpha value is -1.62. The zero-order valence-electron chi connectivity index (χ0n) is 6.87. The molecule has 0 fully saturated rings. The molecule has 5 nitrogen and oxygen atoms in total. The maximum Gasteiger partial charge on any atom is 0.329 e. The predicted octanol–water partition coefficient (Wildman–Crippen LogP) is -0.492. The molecule has 0 spiro atoms. The second-order valence-corrected chi connectivity index (χ2v) is 1.44. The summed E-state index contributed by atoms with van der Waals surface area (Å²) in [5, 5.41) is 0. The predicted molar refractivity (Wildman–Crippen MR) is 44.7 cm³/mol. The minimum absolute atomic E-state index is 0.366. The van der Waals surface area contributed by atoms with Crippen molar-refractivity contribution in [2.45, 2.75) is 0 Å². The first-order valence-electron chi connectivity index (χ1n) is 2.95. The summed E-state index contributed by atoms with van der Waals surface area (Å²) in [6, 6.07) is 0. The molecule has 0 saturated heterocycles. The molecule has 0 unspecified atom stereocenters. The molecule has 1 amide bonds. The van der Waals surface area contributed by atoms with Gasteiger partial charge in [0, 0.05) is 6.08 Å².